The van der Waals surface area contributed by atoms with Crippen molar-refractivity contribution in [3.05, 3.63) is 15.6 Å². The molecule has 0 unspecified atom stereocenters. The molecular weight excluding hydrogens is 308 g/mol. The van der Waals surface area contributed by atoms with Gasteiger partial charge in [0.2, 0.25) is 0 Å². The van der Waals surface area contributed by atoms with Crippen LogP contribution in [0.3, 0.4) is 0 Å². The highest BCUT2D eigenvalue weighted by Crippen LogP contribution is 2.24. The molecule has 1 rings (SSSR count). The highest BCUT2D eigenvalue weighted by atomic mass is 32.1. The Balaban J connectivity index is 2.52. The summed E-state index contributed by atoms with van der Waals surface area (Å²) >= 11 is 1.36. The monoisotopic (exact) mass is 328 g/mol. The van der Waals surface area contributed by atoms with Crippen LogP contribution < -0.4 is 5.32 Å². The second-order valence-corrected chi connectivity index (χ2v) is 5.73. The van der Waals surface area contributed by atoms with Crippen LogP contribution in [0, 0.1) is 0 Å². The number of thiazole rings is 1. The van der Waals surface area contributed by atoms with Crippen LogP contribution in [-0.2, 0) is 24.3 Å². The van der Waals surface area contributed by atoms with Gasteiger partial charge < -0.3 is 10.1 Å². The lowest BCUT2D eigenvalue weighted by Gasteiger charge is -2.14. The normalized spacial score (nSPS) is 12.3. The smallest absolute Gasteiger partial charge is 0.330 e. The zero-order chi connectivity index (χ0) is 15.9. The van der Waals surface area contributed by atoms with Crippen molar-refractivity contribution < 1.29 is 22.3 Å². The molecule has 0 saturated carbocycles. The van der Waals surface area contributed by atoms with Crippen molar-refractivity contribution in [1.82, 2.24) is 10.3 Å². The van der Waals surface area contributed by atoms with Gasteiger partial charge in [-0.1, -0.05) is 13.8 Å². The maximum atomic E-state index is 12.7. The van der Waals surface area contributed by atoms with E-state index in [1.165, 1.54) is 11.3 Å². The van der Waals surface area contributed by atoms with Gasteiger partial charge in [-0.3, -0.25) is 0 Å². The molecule has 0 spiro atoms. The topological polar surface area (TPSA) is 34.1 Å². The van der Waals surface area contributed by atoms with Gasteiger partial charge in [-0.15, -0.1) is 11.3 Å². The Hall–Kier alpha value is -0.730. The number of nitrogens with zero attached hydrogens (tertiary/aromatic N) is 1. The fraction of sp³-hybridized carbons (Fsp3) is 0.769. The van der Waals surface area contributed by atoms with E-state index >= 15 is 0 Å². The van der Waals surface area contributed by atoms with Crippen LogP contribution >= 0.6 is 11.3 Å². The van der Waals surface area contributed by atoms with E-state index in [2.05, 4.69) is 22.0 Å². The maximum Gasteiger partial charge on any atom is 0.330 e. The Morgan fingerprint density at radius 2 is 2.05 bits per heavy atom. The standard InChI is InChI=1S/C13H20F4N2OS/c1-3-5-18-6-10-9(4-2)19-11(21-10)7-20-8-13(16,17)12(14)15/h12,18H,3-8H2,1-2H3. The second-order valence-electron chi connectivity index (χ2n) is 4.56. The minimum atomic E-state index is -4.11. The van der Waals surface area contributed by atoms with E-state index in [1.54, 1.807) is 0 Å². The second kappa shape index (κ2) is 8.65. The van der Waals surface area contributed by atoms with Crippen molar-refractivity contribution in [2.75, 3.05) is 13.2 Å². The van der Waals surface area contributed by atoms with Crippen molar-refractivity contribution in [1.29, 1.82) is 0 Å². The molecule has 1 aromatic rings. The Morgan fingerprint density at radius 3 is 2.62 bits per heavy atom. The zero-order valence-electron chi connectivity index (χ0n) is 12.1. The average molecular weight is 328 g/mol. The van der Waals surface area contributed by atoms with Crippen molar-refractivity contribution in [3.8, 4) is 0 Å². The molecule has 0 radical (unpaired) electrons. The molecule has 0 fully saturated rings. The van der Waals surface area contributed by atoms with Gasteiger partial charge >= 0.3 is 12.3 Å². The van der Waals surface area contributed by atoms with E-state index in [9.17, 15) is 17.6 Å². The predicted octanol–water partition coefficient (Wildman–Crippen LogP) is 3.62. The molecular formula is C13H20F4N2OS. The largest absolute Gasteiger partial charge is 0.368 e. The van der Waals surface area contributed by atoms with E-state index in [1.807, 2.05) is 6.92 Å². The van der Waals surface area contributed by atoms with Crippen LogP contribution in [0.4, 0.5) is 17.6 Å². The molecule has 0 aromatic carbocycles. The summed E-state index contributed by atoms with van der Waals surface area (Å²) in [5.41, 5.74) is 0.892. The quantitative estimate of drug-likeness (QED) is 0.526. The summed E-state index contributed by atoms with van der Waals surface area (Å²) in [6.07, 6.45) is -1.97. The van der Waals surface area contributed by atoms with E-state index < -0.39 is 19.0 Å². The first-order valence-electron chi connectivity index (χ1n) is 6.82. The van der Waals surface area contributed by atoms with E-state index in [4.69, 9.17) is 0 Å². The van der Waals surface area contributed by atoms with Gasteiger partial charge in [0.05, 0.1) is 12.3 Å². The number of aryl methyl sites for hydroxylation is 1. The van der Waals surface area contributed by atoms with Crippen molar-refractivity contribution in [2.45, 2.75) is 52.2 Å². The molecule has 3 nitrogen and oxygen atoms in total. The fourth-order valence-electron chi connectivity index (χ4n) is 1.63. The molecule has 0 aliphatic carbocycles. The van der Waals surface area contributed by atoms with Gasteiger partial charge in [0.1, 0.15) is 11.6 Å². The number of halogens is 4. The molecule has 1 N–H and O–H groups in total. The highest BCUT2D eigenvalue weighted by molar-refractivity contribution is 7.11. The molecule has 1 heterocycles. The maximum absolute atomic E-state index is 12.7. The van der Waals surface area contributed by atoms with Gasteiger partial charge in [0.25, 0.3) is 0 Å². The number of alkyl halides is 4. The lowest BCUT2D eigenvalue weighted by atomic mass is 10.3. The molecule has 0 amide bonds. The Bertz CT molecular complexity index is 426. The molecule has 0 aliphatic heterocycles. The number of aromatic nitrogens is 1. The van der Waals surface area contributed by atoms with Crippen LogP contribution in [0.25, 0.3) is 0 Å². The third kappa shape index (κ3) is 5.88. The lowest BCUT2D eigenvalue weighted by molar-refractivity contribution is -0.168. The van der Waals surface area contributed by atoms with E-state index in [0.717, 1.165) is 30.0 Å². The number of ether oxygens (including phenoxy) is 1. The number of hydrogen-bond acceptors (Lipinski definition) is 4. The summed E-state index contributed by atoms with van der Waals surface area (Å²) < 4.78 is 54.1. The van der Waals surface area contributed by atoms with Crippen molar-refractivity contribution in [3.63, 3.8) is 0 Å². The first-order valence-corrected chi connectivity index (χ1v) is 7.64. The van der Waals surface area contributed by atoms with Crippen molar-refractivity contribution >= 4 is 11.3 Å². The van der Waals surface area contributed by atoms with Gasteiger partial charge in [-0.25, -0.2) is 13.8 Å². The Morgan fingerprint density at radius 1 is 1.33 bits per heavy atom. The first kappa shape index (κ1) is 18.3. The van der Waals surface area contributed by atoms with Crippen LogP contribution in [-0.4, -0.2) is 30.5 Å². The molecule has 122 valence electrons. The number of hydrogen-bond donors (Lipinski definition) is 1. The fourth-order valence-corrected chi connectivity index (χ4v) is 2.69. The Labute approximate surface area is 125 Å². The summed E-state index contributed by atoms with van der Waals surface area (Å²) in [7, 11) is 0. The van der Waals surface area contributed by atoms with Crippen LogP contribution in [0.15, 0.2) is 0 Å². The summed E-state index contributed by atoms with van der Waals surface area (Å²) in [6, 6.07) is 0. The molecule has 0 aliphatic rings. The molecule has 1 aromatic heterocycles. The molecule has 0 saturated heterocycles. The third-order valence-corrected chi connectivity index (χ3v) is 3.78. The predicted molar refractivity (Wildman–Crippen MR) is 74.1 cm³/mol. The summed E-state index contributed by atoms with van der Waals surface area (Å²) in [5, 5.41) is 3.78. The minimum Gasteiger partial charge on any atom is -0.368 e. The van der Waals surface area contributed by atoms with Gasteiger partial charge in [0.15, 0.2) is 0 Å². The molecule has 0 atom stereocenters. The van der Waals surface area contributed by atoms with Crippen LogP contribution in [0.5, 0.6) is 0 Å². The first-order chi connectivity index (χ1) is 9.90. The lowest BCUT2D eigenvalue weighted by Crippen LogP contribution is -2.32. The van der Waals surface area contributed by atoms with E-state index in [-0.39, 0.29) is 6.61 Å². The summed E-state index contributed by atoms with van der Waals surface area (Å²) in [6.45, 7) is 4.09. The highest BCUT2D eigenvalue weighted by Gasteiger charge is 2.41. The van der Waals surface area contributed by atoms with Crippen LogP contribution in [0.1, 0.15) is 35.8 Å². The third-order valence-electron chi connectivity index (χ3n) is 2.71. The summed E-state index contributed by atoms with van der Waals surface area (Å²) in [5.74, 6) is -4.11. The van der Waals surface area contributed by atoms with Gasteiger partial charge in [-0.05, 0) is 19.4 Å². The molecule has 0 bridgehead atoms. The average Bonchev–Trinajstić information content (AvgIpc) is 2.81. The SMILES string of the molecule is CCCNCc1sc(COCC(F)(F)C(F)F)nc1CC. The molecule has 8 heteroatoms. The Kier molecular flexibility index (Phi) is 7.55. The minimum absolute atomic E-state index is 0.173. The summed E-state index contributed by atoms with van der Waals surface area (Å²) in [4.78, 5) is 5.33. The van der Waals surface area contributed by atoms with Gasteiger partial charge in [0, 0.05) is 11.4 Å². The number of rotatable bonds is 10. The van der Waals surface area contributed by atoms with Crippen LogP contribution in [0.2, 0.25) is 0 Å². The molecule has 21 heavy (non-hydrogen) atoms. The number of nitrogens with one attached hydrogen (secondary N) is 1. The zero-order valence-corrected chi connectivity index (χ0v) is 12.9. The van der Waals surface area contributed by atoms with Crippen molar-refractivity contribution in [2.24, 2.45) is 0 Å². The van der Waals surface area contributed by atoms with Gasteiger partial charge in [-0.2, -0.15) is 8.78 Å². The van der Waals surface area contributed by atoms with E-state index in [0.29, 0.717) is 11.6 Å².